The molecule has 0 saturated carbocycles. The van der Waals surface area contributed by atoms with Gasteiger partial charge in [0.2, 0.25) is 0 Å². The number of carbonyl (C=O) groups is 1. The third-order valence-electron chi connectivity index (χ3n) is 2.44. The quantitative estimate of drug-likeness (QED) is 0.907. The lowest BCUT2D eigenvalue weighted by Crippen LogP contribution is -2.21. The van der Waals surface area contributed by atoms with Crippen molar-refractivity contribution in [2.75, 3.05) is 0 Å². The fraction of sp³-hybridized carbons (Fsp3) is 0.0833. The SMILES string of the molecule is NC(=O)c1nccc(-c2cccnc2)c1C(F)(F)F. The van der Waals surface area contributed by atoms with Crippen LogP contribution >= 0.6 is 0 Å². The van der Waals surface area contributed by atoms with Gasteiger partial charge in [-0.15, -0.1) is 0 Å². The van der Waals surface area contributed by atoms with E-state index in [2.05, 4.69) is 9.97 Å². The first-order valence-electron chi connectivity index (χ1n) is 5.17. The van der Waals surface area contributed by atoms with E-state index in [9.17, 15) is 18.0 Å². The number of nitrogens with two attached hydrogens (primary N) is 1. The third-order valence-corrected chi connectivity index (χ3v) is 2.44. The van der Waals surface area contributed by atoms with Crippen LogP contribution in [-0.2, 0) is 6.18 Å². The number of pyridine rings is 2. The van der Waals surface area contributed by atoms with Crippen LogP contribution in [0.15, 0.2) is 36.8 Å². The molecule has 2 N–H and O–H groups in total. The van der Waals surface area contributed by atoms with Crippen LogP contribution in [0.3, 0.4) is 0 Å². The van der Waals surface area contributed by atoms with Gasteiger partial charge in [0.05, 0.1) is 5.56 Å². The molecule has 0 unspecified atom stereocenters. The van der Waals surface area contributed by atoms with Crippen LogP contribution in [0.4, 0.5) is 13.2 Å². The highest BCUT2D eigenvalue weighted by Gasteiger charge is 2.38. The largest absolute Gasteiger partial charge is 0.419 e. The van der Waals surface area contributed by atoms with Crippen molar-refractivity contribution in [3.8, 4) is 11.1 Å². The number of primary amides is 1. The summed E-state index contributed by atoms with van der Waals surface area (Å²) in [6, 6.07) is 4.13. The highest BCUT2D eigenvalue weighted by Crippen LogP contribution is 2.38. The molecule has 7 heteroatoms. The van der Waals surface area contributed by atoms with Crippen molar-refractivity contribution in [3.05, 3.63) is 48.0 Å². The Morgan fingerprint density at radius 1 is 1.21 bits per heavy atom. The highest BCUT2D eigenvalue weighted by atomic mass is 19.4. The molecule has 98 valence electrons. The Balaban J connectivity index is 2.75. The fourth-order valence-corrected chi connectivity index (χ4v) is 1.70. The first-order chi connectivity index (χ1) is 8.91. The van der Waals surface area contributed by atoms with Crippen molar-refractivity contribution in [2.24, 2.45) is 5.73 Å². The average Bonchev–Trinajstić information content (AvgIpc) is 2.38. The Labute approximate surface area is 106 Å². The second-order valence-electron chi connectivity index (χ2n) is 3.69. The maximum atomic E-state index is 13.1. The van der Waals surface area contributed by atoms with E-state index in [0.29, 0.717) is 0 Å². The first-order valence-corrected chi connectivity index (χ1v) is 5.17. The summed E-state index contributed by atoms with van der Waals surface area (Å²) >= 11 is 0. The lowest BCUT2D eigenvalue weighted by Gasteiger charge is -2.14. The number of halogens is 3. The Morgan fingerprint density at radius 3 is 2.47 bits per heavy atom. The summed E-state index contributed by atoms with van der Waals surface area (Å²) in [5, 5.41) is 0. The number of alkyl halides is 3. The molecule has 0 aromatic carbocycles. The summed E-state index contributed by atoms with van der Waals surface area (Å²) in [6.07, 6.45) is -0.913. The van der Waals surface area contributed by atoms with Crippen molar-refractivity contribution in [3.63, 3.8) is 0 Å². The van der Waals surface area contributed by atoms with E-state index in [1.165, 1.54) is 30.6 Å². The molecule has 0 atom stereocenters. The van der Waals surface area contributed by atoms with Crippen molar-refractivity contribution >= 4 is 5.91 Å². The van der Waals surface area contributed by atoms with Crippen LogP contribution in [0, 0.1) is 0 Å². The van der Waals surface area contributed by atoms with Gasteiger partial charge in [0.25, 0.3) is 5.91 Å². The minimum atomic E-state index is -4.73. The standard InChI is InChI=1S/C12H8F3N3O/c13-12(14,15)9-8(7-2-1-4-17-6-7)3-5-18-10(9)11(16)19/h1-6H,(H2,16,19). The Hall–Kier alpha value is -2.44. The molecule has 0 radical (unpaired) electrons. The van der Waals surface area contributed by atoms with E-state index in [4.69, 9.17) is 5.73 Å². The maximum Gasteiger partial charge on any atom is 0.419 e. The lowest BCUT2D eigenvalue weighted by molar-refractivity contribution is -0.137. The Bertz CT molecular complexity index is 611. The molecular formula is C12H8F3N3O. The molecule has 19 heavy (non-hydrogen) atoms. The smallest absolute Gasteiger partial charge is 0.364 e. The molecule has 0 aliphatic rings. The summed E-state index contributed by atoms with van der Waals surface area (Å²) in [4.78, 5) is 18.3. The van der Waals surface area contributed by atoms with E-state index in [1.807, 2.05) is 0 Å². The van der Waals surface area contributed by atoms with Crippen molar-refractivity contribution in [1.82, 2.24) is 9.97 Å². The van der Waals surface area contributed by atoms with Crippen LogP contribution in [0.25, 0.3) is 11.1 Å². The molecule has 0 aliphatic carbocycles. The number of hydrogen-bond donors (Lipinski definition) is 1. The lowest BCUT2D eigenvalue weighted by atomic mass is 10.00. The van der Waals surface area contributed by atoms with Crippen LogP contribution < -0.4 is 5.73 Å². The zero-order chi connectivity index (χ0) is 14.0. The van der Waals surface area contributed by atoms with Crippen LogP contribution in [0.5, 0.6) is 0 Å². The summed E-state index contributed by atoms with van der Waals surface area (Å²) in [5.41, 5.74) is 3.06. The van der Waals surface area contributed by atoms with Gasteiger partial charge in [-0.1, -0.05) is 6.07 Å². The second-order valence-corrected chi connectivity index (χ2v) is 3.69. The van der Waals surface area contributed by atoms with Crippen LogP contribution in [0.2, 0.25) is 0 Å². The molecule has 2 aromatic rings. The van der Waals surface area contributed by atoms with Gasteiger partial charge in [0.15, 0.2) is 0 Å². The van der Waals surface area contributed by atoms with Crippen molar-refractivity contribution in [2.45, 2.75) is 6.18 Å². The predicted octanol–water partition coefficient (Wildman–Crippen LogP) is 2.26. The number of aromatic nitrogens is 2. The van der Waals surface area contributed by atoms with Gasteiger partial charge in [-0.2, -0.15) is 13.2 Å². The second kappa shape index (κ2) is 4.68. The highest BCUT2D eigenvalue weighted by molar-refractivity contribution is 5.94. The average molecular weight is 267 g/mol. The first kappa shape index (κ1) is 13.0. The molecule has 1 amide bonds. The molecular weight excluding hydrogens is 259 g/mol. The molecule has 2 rings (SSSR count). The molecule has 0 bridgehead atoms. The fourth-order valence-electron chi connectivity index (χ4n) is 1.70. The number of amides is 1. The minimum Gasteiger partial charge on any atom is -0.364 e. The molecule has 0 fully saturated rings. The predicted molar refractivity (Wildman–Crippen MR) is 61.0 cm³/mol. The molecule has 0 saturated heterocycles. The van der Waals surface area contributed by atoms with Crippen molar-refractivity contribution in [1.29, 1.82) is 0 Å². The summed E-state index contributed by atoms with van der Waals surface area (Å²) < 4.78 is 39.3. The van der Waals surface area contributed by atoms with E-state index in [-0.39, 0.29) is 11.1 Å². The zero-order valence-electron chi connectivity index (χ0n) is 9.48. The van der Waals surface area contributed by atoms with Gasteiger partial charge in [0, 0.05) is 24.2 Å². The van der Waals surface area contributed by atoms with Gasteiger partial charge in [-0.25, -0.2) is 0 Å². The van der Waals surface area contributed by atoms with Gasteiger partial charge in [0.1, 0.15) is 5.69 Å². The normalized spacial score (nSPS) is 11.3. The Kier molecular flexibility index (Phi) is 3.20. The minimum absolute atomic E-state index is 0.176. The monoisotopic (exact) mass is 267 g/mol. The topological polar surface area (TPSA) is 68.9 Å². The van der Waals surface area contributed by atoms with Gasteiger partial charge in [-0.3, -0.25) is 14.8 Å². The van der Waals surface area contributed by atoms with E-state index < -0.39 is 23.3 Å². The molecule has 0 aliphatic heterocycles. The summed E-state index contributed by atoms with van der Waals surface area (Å²) in [7, 11) is 0. The zero-order valence-corrected chi connectivity index (χ0v) is 9.48. The third kappa shape index (κ3) is 2.54. The number of rotatable bonds is 2. The molecule has 4 nitrogen and oxygen atoms in total. The van der Waals surface area contributed by atoms with Gasteiger partial charge in [-0.05, 0) is 17.7 Å². The molecule has 2 aromatic heterocycles. The van der Waals surface area contributed by atoms with Gasteiger partial charge >= 0.3 is 6.18 Å². The number of nitrogens with zero attached hydrogens (tertiary/aromatic N) is 2. The summed E-state index contributed by atoms with van der Waals surface area (Å²) in [5.74, 6) is -1.22. The van der Waals surface area contributed by atoms with Gasteiger partial charge < -0.3 is 5.73 Å². The number of hydrogen-bond acceptors (Lipinski definition) is 3. The molecule has 2 heterocycles. The van der Waals surface area contributed by atoms with E-state index in [1.54, 1.807) is 0 Å². The van der Waals surface area contributed by atoms with E-state index >= 15 is 0 Å². The van der Waals surface area contributed by atoms with Crippen molar-refractivity contribution < 1.29 is 18.0 Å². The Morgan fingerprint density at radius 2 is 1.95 bits per heavy atom. The molecule has 0 spiro atoms. The maximum absolute atomic E-state index is 13.1. The summed E-state index contributed by atoms with van der Waals surface area (Å²) in [6.45, 7) is 0. The van der Waals surface area contributed by atoms with E-state index in [0.717, 1.165) is 6.20 Å². The number of carbonyl (C=O) groups excluding carboxylic acids is 1. The van der Waals surface area contributed by atoms with Crippen LogP contribution in [0.1, 0.15) is 16.1 Å². The van der Waals surface area contributed by atoms with Crippen LogP contribution in [-0.4, -0.2) is 15.9 Å².